The fourth-order valence-electron chi connectivity index (χ4n) is 3.36. The number of rotatable bonds is 6. The lowest BCUT2D eigenvalue weighted by Crippen LogP contribution is -2.28. The Morgan fingerprint density at radius 1 is 1.15 bits per heavy atom. The Kier molecular flexibility index (Phi) is 5.40. The molecule has 1 heterocycles. The molecular formula is C22H25FN2O. The maximum Gasteiger partial charge on any atom is 0.220 e. The van der Waals surface area contributed by atoms with Crippen molar-refractivity contribution in [3.05, 3.63) is 71.7 Å². The van der Waals surface area contributed by atoms with Crippen molar-refractivity contribution in [2.75, 3.05) is 6.54 Å². The van der Waals surface area contributed by atoms with Gasteiger partial charge in [0.05, 0.1) is 0 Å². The summed E-state index contributed by atoms with van der Waals surface area (Å²) >= 11 is 0. The maximum absolute atomic E-state index is 13.8. The second-order valence-electron chi connectivity index (χ2n) is 7.22. The van der Waals surface area contributed by atoms with Crippen LogP contribution in [0.25, 0.3) is 10.9 Å². The molecule has 0 aliphatic rings. The van der Waals surface area contributed by atoms with Gasteiger partial charge in [-0.05, 0) is 35.2 Å². The zero-order chi connectivity index (χ0) is 18.7. The number of hydrogen-bond acceptors (Lipinski definition) is 1. The minimum Gasteiger partial charge on any atom is -0.356 e. The average molecular weight is 352 g/mol. The smallest absolute Gasteiger partial charge is 0.220 e. The monoisotopic (exact) mass is 352 g/mol. The van der Waals surface area contributed by atoms with Crippen LogP contribution in [0.5, 0.6) is 0 Å². The number of amides is 1. The minimum atomic E-state index is -0.282. The minimum absolute atomic E-state index is 0.0131. The van der Waals surface area contributed by atoms with E-state index in [0.717, 1.165) is 22.0 Å². The molecule has 0 saturated carbocycles. The van der Waals surface area contributed by atoms with E-state index < -0.39 is 0 Å². The summed E-state index contributed by atoms with van der Waals surface area (Å²) in [5.74, 6) is -0.0932. The van der Waals surface area contributed by atoms with Gasteiger partial charge in [0.1, 0.15) is 5.82 Å². The highest BCUT2D eigenvalue weighted by atomic mass is 19.1. The molecule has 26 heavy (non-hydrogen) atoms. The number of halogens is 1. The summed E-state index contributed by atoms with van der Waals surface area (Å²) in [5.41, 5.74) is 2.97. The van der Waals surface area contributed by atoms with Crippen molar-refractivity contribution in [3.63, 3.8) is 0 Å². The normalized spacial score (nSPS) is 12.5. The molecule has 3 nitrogen and oxygen atoms in total. The Morgan fingerprint density at radius 2 is 1.92 bits per heavy atom. The molecule has 1 aromatic heterocycles. The number of carbonyl (C=O) groups excluding carboxylic acids is 1. The molecule has 4 heteroatoms. The molecule has 0 aliphatic heterocycles. The van der Waals surface area contributed by atoms with E-state index in [1.54, 1.807) is 6.07 Å². The molecule has 2 aromatic carbocycles. The number of para-hydroxylation sites is 1. The fourth-order valence-corrected chi connectivity index (χ4v) is 3.36. The number of carbonyl (C=O) groups is 1. The van der Waals surface area contributed by atoms with Gasteiger partial charge in [0.25, 0.3) is 0 Å². The lowest BCUT2D eigenvalue weighted by atomic mass is 9.88. The highest BCUT2D eigenvalue weighted by Gasteiger charge is 2.22. The van der Waals surface area contributed by atoms with Gasteiger partial charge >= 0.3 is 0 Å². The van der Waals surface area contributed by atoms with E-state index in [2.05, 4.69) is 42.1 Å². The van der Waals surface area contributed by atoms with Gasteiger partial charge in [-0.1, -0.05) is 44.2 Å². The van der Waals surface area contributed by atoms with Crippen LogP contribution in [0.3, 0.4) is 0 Å². The molecule has 1 amide bonds. The topological polar surface area (TPSA) is 34.0 Å². The molecule has 0 radical (unpaired) electrons. The molecule has 3 aromatic rings. The van der Waals surface area contributed by atoms with Crippen LogP contribution in [0.1, 0.15) is 37.3 Å². The molecule has 0 aliphatic carbocycles. The quantitative estimate of drug-likeness (QED) is 0.690. The molecule has 0 fully saturated rings. The summed E-state index contributed by atoms with van der Waals surface area (Å²) in [4.78, 5) is 12.5. The Morgan fingerprint density at radius 3 is 2.65 bits per heavy atom. The molecule has 0 saturated heterocycles. The molecule has 136 valence electrons. The molecule has 1 atom stereocenters. The van der Waals surface area contributed by atoms with Crippen molar-refractivity contribution in [1.82, 2.24) is 9.88 Å². The van der Waals surface area contributed by atoms with Gasteiger partial charge in [0.2, 0.25) is 5.91 Å². The second kappa shape index (κ2) is 7.73. The van der Waals surface area contributed by atoms with Crippen molar-refractivity contribution in [2.45, 2.75) is 26.2 Å². The fraction of sp³-hybridized carbons (Fsp3) is 0.318. The van der Waals surface area contributed by atoms with Gasteiger partial charge in [-0.15, -0.1) is 0 Å². The SMILES string of the molecule is CC(C)CNC(=O)C[C@H](c1cccc(F)c1)c1cn(C)c2ccccc12. The summed E-state index contributed by atoms with van der Waals surface area (Å²) < 4.78 is 15.9. The number of nitrogens with one attached hydrogen (secondary N) is 1. The van der Waals surface area contributed by atoms with Gasteiger partial charge in [-0.2, -0.15) is 0 Å². The first-order valence-electron chi connectivity index (χ1n) is 9.02. The Balaban J connectivity index is 2.01. The van der Waals surface area contributed by atoms with E-state index in [-0.39, 0.29) is 17.6 Å². The summed E-state index contributed by atoms with van der Waals surface area (Å²) in [5, 5.41) is 4.08. The third-order valence-electron chi connectivity index (χ3n) is 4.65. The first-order valence-corrected chi connectivity index (χ1v) is 9.02. The number of hydrogen-bond donors (Lipinski definition) is 1. The van der Waals surface area contributed by atoms with Crippen LogP contribution >= 0.6 is 0 Å². The van der Waals surface area contributed by atoms with Gasteiger partial charge < -0.3 is 9.88 Å². The number of nitrogens with zero attached hydrogens (tertiary/aromatic N) is 1. The maximum atomic E-state index is 13.8. The lowest BCUT2D eigenvalue weighted by molar-refractivity contribution is -0.121. The highest BCUT2D eigenvalue weighted by Crippen LogP contribution is 2.34. The third-order valence-corrected chi connectivity index (χ3v) is 4.65. The summed E-state index contributed by atoms with van der Waals surface area (Å²) in [6.07, 6.45) is 2.35. The zero-order valence-corrected chi connectivity index (χ0v) is 15.5. The lowest BCUT2D eigenvalue weighted by Gasteiger charge is -2.18. The van der Waals surface area contributed by atoms with Crippen LogP contribution in [-0.2, 0) is 11.8 Å². The average Bonchev–Trinajstić information content (AvgIpc) is 2.95. The highest BCUT2D eigenvalue weighted by molar-refractivity contribution is 5.86. The van der Waals surface area contributed by atoms with Gasteiger partial charge in [0, 0.05) is 43.0 Å². The van der Waals surface area contributed by atoms with Crippen molar-refractivity contribution in [1.29, 1.82) is 0 Å². The molecular weight excluding hydrogens is 327 g/mol. The molecule has 0 bridgehead atoms. The Hall–Kier alpha value is -2.62. The number of aryl methyl sites for hydroxylation is 1. The van der Waals surface area contributed by atoms with Crippen LogP contribution in [0.2, 0.25) is 0 Å². The Bertz CT molecular complexity index is 913. The number of fused-ring (bicyclic) bond motifs is 1. The molecule has 1 N–H and O–H groups in total. The first-order chi connectivity index (χ1) is 12.5. The van der Waals surface area contributed by atoms with E-state index in [1.807, 2.05) is 25.2 Å². The first kappa shape index (κ1) is 18.2. The standard InChI is InChI=1S/C22H25FN2O/c1-15(2)13-24-22(26)12-19(16-7-6-8-17(23)11-16)20-14-25(3)21-10-5-4-9-18(20)21/h4-11,14-15,19H,12-13H2,1-3H3,(H,24,26)/t19-/m1/s1. The predicted octanol–water partition coefficient (Wildman–Crippen LogP) is 4.61. The van der Waals surface area contributed by atoms with Crippen molar-refractivity contribution in [3.8, 4) is 0 Å². The van der Waals surface area contributed by atoms with Crippen LogP contribution in [0.4, 0.5) is 4.39 Å². The van der Waals surface area contributed by atoms with Gasteiger partial charge in [-0.25, -0.2) is 4.39 Å². The Labute approximate surface area is 153 Å². The van der Waals surface area contributed by atoms with E-state index >= 15 is 0 Å². The van der Waals surface area contributed by atoms with Crippen LogP contribution in [0, 0.1) is 11.7 Å². The molecule has 0 spiro atoms. The number of aromatic nitrogens is 1. The van der Waals surface area contributed by atoms with Gasteiger partial charge in [0.15, 0.2) is 0 Å². The van der Waals surface area contributed by atoms with Crippen LogP contribution in [0.15, 0.2) is 54.7 Å². The zero-order valence-electron chi connectivity index (χ0n) is 15.5. The van der Waals surface area contributed by atoms with E-state index in [0.29, 0.717) is 18.9 Å². The van der Waals surface area contributed by atoms with Gasteiger partial charge in [-0.3, -0.25) is 4.79 Å². The van der Waals surface area contributed by atoms with Crippen molar-refractivity contribution >= 4 is 16.8 Å². The van der Waals surface area contributed by atoms with Crippen LogP contribution in [-0.4, -0.2) is 17.0 Å². The van der Waals surface area contributed by atoms with Crippen LogP contribution < -0.4 is 5.32 Å². The summed E-state index contributed by atoms with van der Waals surface area (Å²) in [6, 6.07) is 14.7. The third kappa shape index (κ3) is 3.96. The number of benzene rings is 2. The second-order valence-corrected chi connectivity index (χ2v) is 7.22. The largest absolute Gasteiger partial charge is 0.356 e. The predicted molar refractivity (Wildman–Crippen MR) is 104 cm³/mol. The molecule has 0 unspecified atom stereocenters. The van der Waals surface area contributed by atoms with Crippen molar-refractivity contribution in [2.24, 2.45) is 13.0 Å². The molecule has 3 rings (SSSR count). The van der Waals surface area contributed by atoms with E-state index in [1.165, 1.54) is 12.1 Å². The summed E-state index contributed by atoms with van der Waals surface area (Å²) in [7, 11) is 1.99. The van der Waals surface area contributed by atoms with Crippen molar-refractivity contribution < 1.29 is 9.18 Å². The summed E-state index contributed by atoms with van der Waals surface area (Å²) in [6.45, 7) is 4.77. The van der Waals surface area contributed by atoms with E-state index in [9.17, 15) is 9.18 Å². The van der Waals surface area contributed by atoms with E-state index in [4.69, 9.17) is 0 Å².